The molecule has 1 aliphatic heterocycles. The van der Waals surface area contributed by atoms with Gasteiger partial charge in [-0.2, -0.15) is 0 Å². The first-order valence-electron chi connectivity index (χ1n) is 7.25. The van der Waals surface area contributed by atoms with Crippen LogP contribution in [0.25, 0.3) is 0 Å². The van der Waals surface area contributed by atoms with E-state index >= 15 is 0 Å². The Morgan fingerprint density at radius 1 is 1.37 bits per heavy atom. The second-order valence-electron chi connectivity index (χ2n) is 5.51. The molecule has 2 N–H and O–H groups in total. The second-order valence-corrected chi connectivity index (χ2v) is 5.51. The van der Waals surface area contributed by atoms with Crippen molar-refractivity contribution in [1.82, 2.24) is 4.90 Å². The molecule has 3 nitrogen and oxygen atoms in total. The smallest absolute Gasteiger partial charge is 0.224 e. The lowest BCUT2D eigenvalue weighted by Gasteiger charge is -2.29. The lowest BCUT2D eigenvalue weighted by molar-refractivity contribution is -0.134. The number of amides is 1. The normalized spacial score (nSPS) is 24.5. The van der Waals surface area contributed by atoms with Gasteiger partial charge in [-0.05, 0) is 31.7 Å². The topological polar surface area (TPSA) is 46.3 Å². The molecule has 0 aromatic heterocycles. The Bertz CT molecular complexity index is 418. The molecule has 1 saturated heterocycles. The number of hydrogen-bond donors (Lipinski definition) is 1. The van der Waals surface area contributed by atoms with Crippen molar-refractivity contribution in [3.05, 3.63) is 35.9 Å². The van der Waals surface area contributed by atoms with Crippen LogP contribution in [-0.4, -0.2) is 22.9 Å². The van der Waals surface area contributed by atoms with Crippen LogP contribution in [0.15, 0.2) is 30.3 Å². The number of likely N-dealkylation sites (tertiary alicyclic amines) is 1. The fraction of sp³-hybridized carbons (Fsp3) is 0.562. The molecular formula is C16H24N2O. The van der Waals surface area contributed by atoms with Crippen molar-refractivity contribution in [2.75, 3.05) is 0 Å². The van der Waals surface area contributed by atoms with Crippen molar-refractivity contribution in [2.24, 2.45) is 5.73 Å². The summed E-state index contributed by atoms with van der Waals surface area (Å²) >= 11 is 0. The molecule has 0 radical (unpaired) electrons. The number of nitrogens with two attached hydrogens (primary N) is 1. The minimum Gasteiger partial charge on any atom is -0.337 e. The zero-order valence-corrected chi connectivity index (χ0v) is 11.9. The second kappa shape index (κ2) is 6.20. The number of carbonyl (C=O) groups is 1. The van der Waals surface area contributed by atoms with Gasteiger partial charge in [0.15, 0.2) is 0 Å². The van der Waals surface area contributed by atoms with E-state index in [1.54, 1.807) is 0 Å². The molecule has 0 bridgehead atoms. The van der Waals surface area contributed by atoms with Crippen LogP contribution in [0.3, 0.4) is 0 Å². The molecule has 3 heteroatoms. The van der Waals surface area contributed by atoms with Crippen LogP contribution in [-0.2, 0) is 4.79 Å². The van der Waals surface area contributed by atoms with Gasteiger partial charge >= 0.3 is 0 Å². The SMILES string of the molecule is CCC1CCC(C)N1C(=O)CC(N)c1ccccc1. The van der Waals surface area contributed by atoms with E-state index in [1.165, 1.54) is 0 Å². The number of rotatable bonds is 4. The Balaban J connectivity index is 2.01. The average molecular weight is 260 g/mol. The van der Waals surface area contributed by atoms with E-state index in [9.17, 15) is 4.79 Å². The third-order valence-electron chi connectivity index (χ3n) is 4.17. The van der Waals surface area contributed by atoms with Crippen molar-refractivity contribution < 1.29 is 4.79 Å². The minimum atomic E-state index is -0.195. The highest BCUT2D eigenvalue weighted by atomic mass is 16.2. The fourth-order valence-electron chi connectivity index (χ4n) is 3.03. The first-order chi connectivity index (χ1) is 9.13. The maximum Gasteiger partial charge on any atom is 0.224 e. The minimum absolute atomic E-state index is 0.195. The Morgan fingerprint density at radius 3 is 2.68 bits per heavy atom. The summed E-state index contributed by atoms with van der Waals surface area (Å²) in [5, 5.41) is 0. The molecule has 1 fully saturated rings. The number of hydrogen-bond acceptors (Lipinski definition) is 2. The van der Waals surface area contributed by atoms with Gasteiger partial charge in [0.1, 0.15) is 0 Å². The van der Waals surface area contributed by atoms with E-state index in [0.717, 1.165) is 24.8 Å². The van der Waals surface area contributed by atoms with E-state index in [0.29, 0.717) is 18.5 Å². The van der Waals surface area contributed by atoms with Gasteiger partial charge in [-0.15, -0.1) is 0 Å². The standard InChI is InChI=1S/C16H24N2O/c1-3-14-10-9-12(2)18(14)16(19)11-15(17)13-7-5-4-6-8-13/h4-8,12,14-15H,3,9-11,17H2,1-2H3. The molecular weight excluding hydrogens is 236 g/mol. The molecule has 1 amide bonds. The predicted octanol–water partition coefficient (Wildman–Crippen LogP) is 2.87. The van der Waals surface area contributed by atoms with Crippen molar-refractivity contribution in [1.29, 1.82) is 0 Å². The molecule has 0 spiro atoms. The molecule has 104 valence electrons. The Kier molecular flexibility index (Phi) is 4.59. The molecule has 3 atom stereocenters. The highest BCUT2D eigenvalue weighted by molar-refractivity contribution is 5.78. The zero-order valence-electron chi connectivity index (χ0n) is 11.9. The van der Waals surface area contributed by atoms with Crippen LogP contribution >= 0.6 is 0 Å². The molecule has 3 unspecified atom stereocenters. The third-order valence-corrected chi connectivity index (χ3v) is 4.17. The van der Waals surface area contributed by atoms with Crippen molar-refractivity contribution in [2.45, 2.75) is 57.7 Å². The van der Waals surface area contributed by atoms with Crippen molar-refractivity contribution >= 4 is 5.91 Å². The number of carbonyl (C=O) groups excluding carboxylic acids is 1. The third kappa shape index (κ3) is 3.16. The van der Waals surface area contributed by atoms with Gasteiger partial charge in [-0.1, -0.05) is 37.3 Å². The highest BCUT2D eigenvalue weighted by Gasteiger charge is 2.33. The zero-order chi connectivity index (χ0) is 13.8. The number of benzene rings is 1. The molecule has 1 aromatic carbocycles. The Labute approximate surface area is 115 Å². The summed E-state index contributed by atoms with van der Waals surface area (Å²) in [7, 11) is 0. The first kappa shape index (κ1) is 14.1. The van der Waals surface area contributed by atoms with Crippen LogP contribution in [0, 0.1) is 0 Å². The van der Waals surface area contributed by atoms with Crippen LogP contribution in [0.4, 0.5) is 0 Å². The molecule has 1 aromatic rings. The first-order valence-corrected chi connectivity index (χ1v) is 7.25. The summed E-state index contributed by atoms with van der Waals surface area (Å²) in [5.41, 5.74) is 7.19. The van der Waals surface area contributed by atoms with Crippen LogP contribution < -0.4 is 5.73 Å². The Morgan fingerprint density at radius 2 is 2.05 bits per heavy atom. The van der Waals surface area contributed by atoms with Crippen LogP contribution in [0.5, 0.6) is 0 Å². The van der Waals surface area contributed by atoms with Gasteiger partial charge in [0.05, 0.1) is 0 Å². The van der Waals surface area contributed by atoms with Gasteiger partial charge in [-0.25, -0.2) is 0 Å². The largest absolute Gasteiger partial charge is 0.337 e. The lowest BCUT2D eigenvalue weighted by Crippen LogP contribution is -2.40. The summed E-state index contributed by atoms with van der Waals surface area (Å²) in [6.45, 7) is 4.29. The highest BCUT2D eigenvalue weighted by Crippen LogP contribution is 2.28. The van der Waals surface area contributed by atoms with E-state index in [2.05, 4.69) is 18.7 Å². The monoisotopic (exact) mass is 260 g/mol. The molecule has 2 rings (SSSR count). The van der Waals surface area contributed by atoms with E-state index in [-0.39, 0.29) is 11.9 Å². The quantitative estimate of drug-likeness (QED) is 0.905. The molecule has 19 heavy (non-hydrogen) atoms. The molecule has 0 saturated carbocycles. The lowest BCUT2D eigenvalue weighted by atomic mass is 10.0. The predicted molar refractivity (Wildman–Crippen MR) is 77.6 cm³/mol. The Hall–Kier alpha value is -1.35. The molecule has 1 aliphatic rings. The van der Waals surface area contributed by atoms with Gasteiger partial charge in [-0.3, -0.25) is 4.79 Å². The number of nitrogens with zero attached hydrogens (tertiary/aromatic N) is 1. The van der Waals surface area contributed by atoms with Gasteiger partial charge in [0.25, 0.3) is 0 Å². The summed E-state index contributed by atoms with van der Waals surface area (Å²) < 4.78 is 0. The summed E-state index contributed by atoms with van der Waals surface area (Å²) in [6, 6.07) is 10.4. The van der Waals surface area contributed by atoms with Gasteiger partial charge < -0.3 is 10.6 Å². The maximum atomic E-state index is 12.5. The summed E-state index contributed by atoms with van der Waals surface area (Å²) in [4.78, 5) is 14.5. The van der Waals surface area contributed by atoms with E-state index in [1.807, 2.05) is 30.3 Å². The van der Waals surface area contributed by atoms with E-state index in [4.69, 9.17) is 5.73 Å². The molecule has 1 heterocycles. The van der Waals surface area contributed by atoms with Gasteiger partial charge in [0, 0.05) is 24.5 Å². The van der Waals surface area contributed by atoms with Gasteiger partial charge in [0.2, 0.25) is 5.91 Å². The molecule has 0 aliphatic carbocycles. The summed E-state index contributed by atoms with van der Waals surface area (Å²) in [5.74, 6) is 0.202. The summed E-state index contributed by atoms with van der Waals surface area (Å²) in [6.07, 6.45) is 3.69. The average Bonchev–Trinajstić information content (AvgIpc) is 2.80. The van der Waals surface area contributed by atoms with Crippen molar-refractivity contribution in [3.63, 3.8) is 0 Å². The van der Waals surface area contributed by atoms with Crippen LogP contribution in [0.2, 0.25) is 0 Å². The van der Waals surface area contributed by atoms with Crippen molar-refractivity contribution in [3.8, 4) is 0 Å². The fourth-order valence-corrected chi connectivity index (χ4v) is 3.03. The van der Waals surface area contributed by atoms with E-state index < -0.39 is 0 Å². The van der Waals surface area contributed by atoms with Crippen LogP contribution in [0.1, 0.15) is 51.1 Å². The maximum absolute atomic E-state index is 12.5.